The average molecular weight is 176 g/mol. The average Bonchev–Trinajstić information content (AvgIpc) is 2.40. The van der Waals surface area contributed by atoms with E-state index in [2.05, 4.69) is 0 Å². The van der Waals surface area contributed by atoms with Gasteiger partial charge in [-0.25, -0.2) is 13.6 Å². The molecule has 0 saturated carbocycles. The van der Waals surface area contributed by atoms with Gasteiger partial charge in [-0.3, -0.25) is 4.90 Å². The molecule has 0 aromatic carbocycles. The molecule has 5 heteroatoms. The van der Waals surface area contributed by atoms with E-state index >= 15 is 0 Å². The Balaban J connectivity index is 2.29. The van der Waals surface area contributed by atoms with Crippen LogP contribution in [0.3, 0.4) is 0 Å². The summed E-state index contributed by atoms with van der Waals surface area (Å²) in [4.78, 5) is 1.97. The van der Waals surface area contributed by atoms with Crippen LogP contribution >= 0.6 is 0 Å². The molecule has 0 aromatic heterocycles. The number of hydrogen-bond donors (Lipinski definition) is 1. The molecular formula is C6H12N2O2S. The molecule has 11 heavy (non-hydrogen) atoms. The zero-order valence-electron chi connectivity index (χ0n) is 6.23. The van der Waals surface area contributed by atoms with Crippen LogP contribution in [0.15, 0.2) is 0 Å². The minimum absolute atomic E-state index is 0.310. The Labute approximate surface area is 66.4 Å². The summed E-state index contributed by atoms with van der Waals surface area (Å²) in [6.07, 6.45) is 2.00. The molecule has 0 amide bonds. The first-order chi connectivity index (χ1) is 5.09. The molecule has 1 unspecified atom stereocenters. The number of primary sulfonamides is 1. The van der Waals surface area contributed by atoms with Crippen molar-refractivity contribution in [3.8, 4) is 0 Å². The molecule has 0 aromatic rings. The molecule has 2 saturated heterocycles. The third-order valence-electron chi connectivity index (χ3n) is 2.67. The Morgan fingerprint density at radius 3 is 2.00 bits per heavy atom. The Kier molecular flexibility index (Phi) is 1.49. The van der Waals surface area contributed by atoms with Crippen molar-refractivity contribution in [1.29, 1.82) is 0 Å². The van der Waals surface area contributed by atoms with Crippen LogP contribution in [-0.4, -0.2) is 31.8 Å². The summed E-state index contributed by atoms with van der Waals surface area (Å²) in [5, 5.41) is 4.73. The van der Waals surface area contributed by atoms with E-state index in [-0.39, 0.29) is 5.37 Å². The van der Waals surface area contributed by atoms with Gasteiger partial charge in [-0.05, 0) is 31.8 Å². The first-order valence-corrected chi connectivity index (χ1v) is 5.45. The number of hydrogen-bond acceptors (Lipinski definition) is 3. The van der Waals surface area contributed by atoms with Gasteiger partial charge in [0.05, 0.1) is 0 Å². The van der Waals surface area contributed by atoms with Crippen LogP contribution in [0.2, 0.25) is 0 Å². The molecule has 4 nitrogen and oxygen atoms in total. The van der Waals surface area contributed by atoms with Gasteiger partial charge in [0.25, 0.3) is 0 Å². The second-order valence-corrected chi connectivity index (χ2v) is 5.01. The fourth-order valence-corrected chi connectivity index (χ4v) is 3.67. The van der Waals surface area contributed by atoms with Gasteiger partial charge in [0.2, 0.25) is 10.0 Å². The SMILES string of the molecule is NS(=O)(=O)C1C2CCN1CC2. The van der Waals surface area contributed by atoms with Crippen LogP contribution in [0.5, 0.6) is 0 Å². The molecule has 0 aliphatic carbocycles. The molecule has 1 atom stereocenters. The minimum Gasteiger partial charge on any atom is -0.286 e. The fourth-order valence-electron chi connectivity index (χ4n) is 2.23. The van der Waals surface area contributed by atoms with Gasteiger partial charge in [0.1, 0.15) is 5.37 Å². The summed E-state index contributed by atoms with van der Waals surface area (Å²) in [7, 11) is -3.31. The van der Waals surface area contributed by atoms with Crippen molar-refractivity contribution in [2.24, 2.45) is 11.1 Å². The van der Waals surface area contributed by atoms with Crippen molar-refractivity contribution in [2.45, 2.75) is 18.2 Å². The molecule has 64 valence electrons. The smallest absolute Gasteiger partial charge is 0.225 e. The Morgan fingerprint density at radius 1 is 1.27 bits per heavy atom. The molecule has 0 radical (unpaired) electrons. The second kappa shape index (κ2) is 2.18. The van der Waals surface area contributed by atoms with E-state index in [0.29, 0.717) is 5.92 Å². The van der Waals surface area contributed by atoms with E-state index in [0.717, 1.165) is 25.9 Å². The van der Waals surface area contributed by atoms with Crippen LogP contribution in [0.25, 0.3) is 0 Å². The molecule has 2 aliphatic rings. The topological polar surface area (TPSA) is 63.4 Å². The van der Waals surface area contributed by atoms with E-state index in [4.69, 9.17) is 5.14 Å². The number of sulfonamides is 1. The molecule has 2 bridgehead atoms. The predicted octanol–water partition coefficient (Wildman–Crippen LogP) is -0.673. The van der Waals surface area contributed by atoms with E-state index in [1.54, 1.807) is 0 Å². The fraction of sp³-hybridized carbons (Fsp3) is 1.00. The zero-order valence-corrected chi connectivity index (χ0v) is 7.05. The Bertz CT molecular complexity index is 242. The van der Waals surface area contributed by atoms with Crippen molar-refractivity contribution >= 4 is 10.0 Å². The summed E-state index contributed by atoms with van der Waals surface area (Å²) in [6.45, 7) is 1.82. The highest BCUT2D eigenvalue weighted by molar-refractivity contribution is 7.89. The first kappa shape index (κ1) is 7.52. The van der Waals surface area contributed by atoms with Crippen LogP contribution in [0.4, 0.5) is 0 Å². The van der Waals surface area contributed by atoms with E-state index in [9.17, 15) is 8.42 Å². The maximum atomic E-state index is 11.0. The van der Waals surface area contributed by atoms with Crippen molar-refractivity contribution < 1.29 is 8.42 Å². The molecule has 2 aliphatic heterocycles. The van der Waals surface area contributed by atoms with Gasteiger partial charge >= 0.3 is 0 Å². The Hall–Kier alpha value is -0.130. The first-order valence-electron chi connectivity index (χ1n) is 3.85. The van der Waals surface area contributed by atoms with Gasteiger partial charge in [-0.2, -0.15) is 0 Å². The lowest BCUT2D eigenvalue weighted by Crippen LogP contribution is -2.38. The Morgan fingerprint density at radius 2 is 1.82 bits per heavy atom. The van der Waals surface area contributed by atoms with E-state index < -0.39 is 10.0 Å². The van der Waals surface area contributed by atoms with Gasteiger partial charge in [0.15, 0.2) is 0 Å². The van der Waals surface area contributed by atoms with Crippen LogP contribution < -0.4 is 5.14 Å². The third-order valence-corrected chi connectivity index (χ3v) is 4.03. The molecule has 2 N–H and O–H groups in total. The van der Waals surface area contributed by atoms with E-state index in [1.165, 1.54) is 0 Å². The lowest BCUT2D eigenvalue weighted by Gasteiger charge is -2.15. The van der Waals surface area contributed by atoms with Crippen molar-refractivity contribution in [1.82, 2.24) is 4.90 Å². The zero-order chi connectivity index (χ0) is 8.06. The second-order valence-electron chi connectivity index (χ2n) is 3.35. The van der Waals surface area contributed by atoms with Crippen LogP contribution in [0, 0.1) is 5.92 Å². The monoisotopic (exact) mass is 176 g/mol. The number of nitrogens with zero attached hydrogens (tertiary/aromatic N) is 1. The third kappa shape index (κ3) is 1.07. The summed E-state index contributed by atoms with van der Waals surface area (Å²) in [5.41, 5.74) is 0. The maximum absolute atomic E-state index is 11.0. The summed E-state index contributed by atoms with van der Waals surface area (Å²) in [5.74, 6) is 0.310. The number of piperidine rings is 1. The van der Waals surface area contributed by atoms with Gasteiger partial charge in [0, 0.05) is 0 Å². The standard InChI is InChI=1S/C6H12N2O2S/c7-11(9,10)6-5-1-3-8(6)4-2-5/h5-6H,1-4H2,(H2,7,9,10). The maximum Gasteiger partial charge on any atom is 0.225 e. The lowest BCUT2D eigenvalue weighted by atomic mass is 10.1. The van der Waals surface area contributed by atoms with Crippen molar-refractivity contribution in [3.05, 3.63) is 0 Å². The van der Waals surface area contributed by atoms with Crippen molar-refractivity contribution in [3.63, 3.8) is 0 Å². The summed E-state index contributed by atoms with van der Waals surface area (Å²) >= 11 is 0. The number of rotatable bonds is 1. The molecule has 2 heterocycles. The van der Waals surface area contributed by atoms with Crippen LogP contribution in [-0.2, 0) is 10.0 Å². The predicted molar refractivity (Wildman–Crippen MR) is 41.2 cm³/mol. The van der Waals surface area contributed by atoms with Gasteiger partial charge < -0.3 is 0 Å². The van der Waals surface area contributed by atoms with E-state index in [1.807, 2.05) is 4.90 Å². The molecule has 2 rings (SSSR count). The molecule has 2 fully saturated rings. The largest absolute Gasteiger partial charge is 0.286 e. The lowest BCUT2D eigenvalue weighted by molar-refractivity contribution is 0.346. The summed E-state index contributed by atoms with van der Waals surface area (Å²) in [6, 6.07) is 0. The minimum atomic E-state index is -3.31. The quantitative estimate of drug-likeness (QED) is 0.576. The molecule has 0 spiro atoms. The highest BCUT2D eigenvalue weighted by Crippen LogP contribution is 2.35. The number of fused-ring (bicyclic) bond motifs is 2. The van der Waals surface area contributed by atoms with Crippen molar-refractivity contribution in [2.75, 3.05) is 13.1 Å². The highest BCUT2D eigenvalue weighted by atomic mass is 32.2. The number of nitrogens with two attached hydrogens (primary N) is 1. The normalized spacial score (nSPS) is 43.2. The highest BCUT2D eigenvalue weighted by Gasteiger charge is 2.45. The summed E-state index contributed by atoms with van der Waals surface area (Å²) < 4.78 is 22.1. The van der Waals surface area contributed by atoms with Gasteiger partial charge in [-0.15, -0.1) is 0 Å². The van der Waals surface area contributed by atoms with Gasteiger partial charge in [-0.1, -0.05) is 0 Å². The van der Waals surface area contributed by atoms with Crippen LogP contribution in [0.1, 0.15) is 12.8 Å². The molecular weight excluding hydrogens is 164 g/mol.